The van der Waals surface area contributed by atoms with Gasteiger partial charge < -0.3 is 10.1 Å². The molecule has 0 saturated heterocycles. The van der Waals surface area contributed by atoms with E-state index >= 15 is 0 Å². The smallest absolute Gasteiger partial charge is 0.236 e. The minimum Gasteiger partial charge on any atom is -0.496 e. The number of unbranched alkanes of at least 4 members (excludes halogenated alkanes) is 2. The van der Waals surface area contributed by atoms with Crippen molar-refractivity contribution in [3.63, 3.8) is 0 Å². The molecule has 0 aliphatic heterocycles. The minimum absolute atomic E-state index is 0.0489. The number of carbonyl (C=O) groups is 1. The lowest BCUT2D eigenvalue weighted by molar-refractivity contribution is -0.122. The molecule has 0 spiro atoms. The van der Waals surface area contributed by atoms with Crippen LogP contribution in [0.4, 0.5) is 0 Å². The molecule has 4 nitrogen and oxygen atoms in total. The maximum atomic E-state index is 12.0. The van der Waals surface area contributed by atoms with Crippen LogP contribution in [0.3, 0.4) is 0 Å². The number of benzene rings is 1. The van der Waals surface area contributed by atoms with Crippen LogP contribution in [-0.4, -0.2) is 25.6 Å². The Morgan fingerprint density at radius 3 is 2.62 bits per heavy atom. The van der Waals surface area contributed by atoms with Gasteiger partial charge in [0.05, 0.1) is 13.2 Å². The van der Waals surface area contributed by atoms with E-state index in [1.165, 1.54) is 0 Å². The second kappa shape index (κ2) is 9.40. The van der Waals surface area contributed by atoms with Crippen LogP contribution >= 0.6 is 0 Å². The summed E-state index contributed by atoms with van der Waals surface area (Å²) < 4.78 is 5.36. The number of nitrogens with one attached hydrogen (secondary N) is 2. The minimum atomic E-state index is -0.230. The average molecular weight is 292 g/mol. The van der Waals surface area contributed by atoms with E-state index in [4.69, 9.17) is 4.74 Å². The van der Waals surface area contributed by atoms with Gasteiger partial charge >= 0.3 is 0 Å². The van der Waals surface area contributed by atoms with Gasteiger partial charge in [-0.3, -0.25) is 10.1 Å². The molecule has 1 aromatic rings. The molecule has 0 saturated carbocycles. The summed E-state index contributed by atoms with van der Waals surface area (Å²) in [5.41, 5.74) is 1.06. The van der Waals surface area contributed by atoms with Crippen molar-refractivity contribution in [3.05, 3.63) is 29.8 Å². The molecule has 0 aliphatic carbocycles. The van der Waals surface area contributed by atoms with Crippen molar-refractivity contribution in [1.82, 2.24) is 10.6 Å². The monoisotopic (exact) mass is 292 g/mol. The molecule has 0 radical (unpaired) electrons. The molecule has 1 unspecified atom stereocenters. The first-order chi connectivity index (χ1) is 10.1. The Balaban J connectivity index is 2.49. The molecule has 2 N–H and O–H groups in total. The number of amides is 1. The highest BCUT2D eigenvalue weighted by Crippen LogP contribution is 2.24. The first-order valence-corrected chi connectivity index (χ1v) is 7.76. The van der Waals surface area contributed by atoms with Gasteiger partial charge in [0.2, 0.25) is 5.91 Å². The molecule has 1 aromatic carbocycles. The molecule has 2 atom stereocenters. The predicted octanol–water partition coefficient (Wildman–Crippen LogP) is 3.04. The van der Waals surface area contributed by atoms with Gasteiger partial charge in [0, 0.05) is 18.2 Å². The molecule has 21 heavy (non-hydrogen) atoms. The normalized spacial score (nSPS) is 13.5. The van der Waals surface area contributed by atoms with Crippen molar-refractivity contribution >= 4 is 5.91 Å². The lowest BCUT2D eigenvalue weighted by Gasteiger charge is -2.21. The van der Waals surface area contributed by atoms with Crippen molar-refractivity contribution in [3.8, 4) is 5.75 Å². The summed E-state index contributed by atoms with van der Waals surface area (Å²) in [6.45, 7) is 6.84. The summed E-state index contributed by atoms with van der Waals surface area (Å²) >= 11 is 0. The van der Waals surface area contributed by atoms with Gasteiger partial charge in [0.15, 0.2) is 0 Å². The fourth-order valence-electron chi connectivity index (χ4n) is 2.30. The Bertz CT molecular complexity index is 435. The molecular formula is C17H28N2O2. The van der Waals surface area contributed by atoms with Crippen molar-refractivity contribution in [2.24, 2.45) is 0 Å². The van der Waals surface area contributed by atoms with Crippen LogP contribution < -0.4 is 15.4 Å². The highest BCUT2D eigenvalue weighted by molar-refractivity contribution is 5.81. The summed E-state index contributed by atoms with van der Waals surface area (Å²) in [7, 11) is 1.66. The maximum absolute atomic E-state index is 12.0. The van der Waals surface area contributed by atoms with Crippen molar-refractivity contribution < 1.29 is 9.53 Å². The Morgan fingerprint density at radius 1 is 1.24 bits per heavy atom. The van der Waals surface area contributed by atoms with Gasteiger partial charge in [-0.25, -0.2) is 0 Å². The number of carbonyl (C=O) groups excluding carboxylic acids is 1. The lowest BCUT2D eigenvalue weighted by Crippen LogP contribution is -2.43. The van der Waals surface area contributed by atoms with E-state index in [0.29, 0.717) is 0 Å². The molecular weight excluding hydrogens is 264 g/mol. The van der Waals surface area contributed by atoms with Crippen LogP contribution in [0.5, 0.6) is 5.75 Å². The van der Waals surface area contributed by atoms with Gasteiger partial charge in [0.25, 0.3) is 0 Å². The maximum Gasteiger partial charge on any atom is 0.236 e. The van der Waals surface area contributed by atoms with Gasteiger partial charge in [-0.05, 0) is 26.3 Å². The van der Waals surface area contributed by atoms with E-state index in [1.54, 1.807) is 7.11 Å². The quantitative estimate of drug-likeness (QED) is 0.688. The zero-order valence-electron chi connectivity index (χ0n) is 13.6. The number of rotatable bonds is 9. The number of methoxy groups -OCH3 is 1. The van der Waals surface area contributed by atoms with Gasteiger partial charge in [-0.2, -0.15) is 0 Å². The Kier molecular flexibility index (Phi) is 7.83. The molecule has 1 rings (SSSR count). The molecule has 0 aliphatic rings. The van der Waals surface area contributed by atoms with Crippen LogP contribution in [0.1, 0.15) is 51.6 Å². The van der Waals surface area contributed by atoms with Crippen LogP contribution in [0.15, 0.2) is 24.3 Å². The average Bonchev–Trinajstić information content (AvgIpc) is 2.51. The van der Waals surface area contributed by atoms with E-state index in [9.17, 15) is 4.79 Å². The third-order valence-corrected chi connectivity index (χ3v) is 3.58. The molecule has 0 fully saturated rings. The van der Waals surface area contributed by atoms with E-state index in [1.807, 2.05) is 38.1 Å². The zero-order valence-corrected chi connectivity index (χ0v) is 13.6. The molecule has 0 aromatic heterocycles. The third kappa shape index (κ3) is 5.76. The number of hydrogen-bond donors (Lipinski definition) is 2. The summed E-state index contributed by atoms with van der Waals surface area (Å²) in [4.78, 5) is 12.0. The molecule has 118 valence electrons. The molecule has 1 amide bonds. The van der Waals surface area contributed by atoms with Crippen LogP contribution in [0.25, 0.3) is 0 Å². The summed E-state index contributed by atoms with van der Waals surface area (Å²) in [5.74, 6) is 0.890. The highest BCUT2D eigenvalue weighted by atomic mass is 16.5. The first kappa shape index (κ1) is 17.5. The summed E-state index contributed by atoms with van der Waals surface area (Å²) in [6, 6.07) is 7.69. The molecule has 0 bridgehead atoms. The first-order valence-electron chi connectivity index (χ1n) is 7.76. The van der Waals surface area contributed by atoms with E-state index < -0.39 is 0 Å². The van der Waals surface area contributed by atoms with E-state index in [-0.39, 0.29) is 18.0 Å². The fraction of sp³-hybridized carbons (Fsp3) is 0.588. The van der Waals surface area contributed by atoms with Gasteiger partial charge in [-0.1, -0.05) is 38.0 Å². The number of ether oxygens (including phenoxy) is 1. The number of hydrogen-bond acceptors (Lipinski definition) is 3. The standard InChI is InChI=1S/C17H28N2O2/c1-5-6-9-12-18-17(20)14(3)19-13(2)15-10-7-8-11-16(15)21-4/h7-8,10-11,13-14,19H,5-6,9,12H2,1-4H3,(H,18,20)/t13-,14?/m1/s1. The zero-order chi connectivity index (χ0) is 15.7. The topological polar surface area (TPSA) is 50.4 Å². The van der Waals surface area contributed by atoms with Crippen molar-refractivity contribution in [2.75, 3.05) is 13.7 Å². The largest absolute Gasteiger partial charge is 0.496 e. The second-order valence-electron chi connectivity index (χ2n) is 5.35. The van der Waals surface area contributed by atoms with Gasteiger partial charge in [-0.15, -0.1) is 0 Å². The third-order valence-electron chi connectivity index (χ3n) is 3.58. The molecule has 4 heteroatoms. The SMILES string of the molecule is CCCCCNC(=O)C(C)N[C@H](C)c1ccccc1OC. The van der Waals surface area contributed by atoms with Crippen LogP contribution in [0, 0.1) is 0 Å². The summed E-state index contributed by atoms with van der Waals surface area (Å²) in [6.07, 6.45) is 3.35. The Hall–Kier alpha value is -1.55. The fourth-order valence-corrected chi connectivity index (χ4v) is 2.30. The van der Waals surface area contributed by atoms with Crippen molar-refractivity contribution in [1.29, 1.82) is 0 Å². The lowest BCUT2D eigenvalue weighted by atomic mass is 10.1. The van der Waals surface area contributed by atoms with Crippen LogP contribution in [0.2, 0.25) is 0 Å². The van der Waals surface area contributed by atoms with E-state index in [0.717, 1.165) is 37.1 Å². The summed E-state index contributed by atoms with van der Waals surface area (Å²) in [5, 5.41) is 6.29. The Labute approximate surface area is 128 Å². The predicted molar refractivity (Wildman–Crippen MR) is 86.5 cm³/mol. The van der Waals surface area contributed by atoms with Crippen LogP contribution in [-0.2, 0) is 4.79 Å². The Morgan fingerprint density at radius 2 is 1.95 bits per heavy atom. The second-order valence-corrected chi connectivity index (χ2v) is 5.35. The highest BCUT2D eigenvalue weighted by Gasteiger charge is 2.17. The van der Waals surface area contributed by atoms with Gasteiger partial charge in [0.1, 0.15) is 5.75 Å². The van der Waals surface area contributed by atoms with E-state index in [2.05, 4.69) is 17.6 Å². The molecule has 0 heterocycles. The number of para-hydroxylation sites is 1. The van der Waals surface area contributed by atoms with Crippen molar-refractivity contribution in [2.45, 2.75) is 52.1 Å².